The number of aryl methyl sites for hydroxylation is 2. The first kappa shape index (κ1) is 11.1. The van der Waals surface area contributed by atoms with Crippen LogP contribution in [0.2, 0.25) is 0 Å². The molecule has 1 aromatic rings. The molecule has 2 rings (SSSR count). The van der Waals surface area contributed by atoms with Crippen LogP contribution >= 0.6 is 0 Å². The van der Waals surface area contributed by atoms with Gasteiger partial charge >= 0.3 is 0 Å². The average Bonchev–Trinajstić information content (AvgIpc) is 2.26. The molecule has 1 aliphatic heterocycles. The van der Waals surface area contributed by atoms with Crippen molar-refractivity contribution in [1.82, 2.24) is 10.6 Å². The molecule has 16 heavy (non-hydrogen) atoms. The number of nitrogens with one attached hydrogen (secondary N) is 2. The molecule has 3 heteroatoms. The highest BCUT2D eigenvalue weighted by Gasteiger charge is 2.25. The molecule has 0 bridgehead atoms. The van der Waals surface area contributed by atoms with Crippen LogP contribution < -0.4 is 10.6 Å². The Bertz CT molecular complexity index is 414. The van der Waals surface area contributed by atoms with Crippen molar-refractivity contribution in [3.8, 4) is 0 Å². The Morgan fingerprint density at radius 1 is 1.31 bits per heavy atom. The lowest BCUT2D eigenvalue weighted by atomic mass is 9.97. The van der Waals surface area contributed by atoms with Gasteiger partial charge in [-0.25, -0.2) is 0 Å². The zero-order valence-corrected chi connectivity index (χ0v) is 10.0. The summed E-state index contributed by atoms with van der Waals surface area (Å²) in [5.74, 6) is 0.0848. The number of hydrogen-bond donors (Lipinski definition) is 2. The van der Waals surface area contributed by atoms with E-state index in [0.29, 0.717) is 6.54 Å². The van der Waals surface area contributed by atoms with Crippen LogP contribution in [0, 0.1) is 13.8 Å². The first-order valence-electron chi connectivity index (χ1n) is 5.69. The van der Waals surface area contributed by atoms with Gasteiger partial charge < -0.3 is 5.32 Å². The molecule has 1 saturated heterocycles. The molecule has 0 spiro atoms. The Hall–Kier alpha value is -1.35. The second-order valence-corrected chi connectivity index (χ2v) is 4.55. The van der Waals surface area contributed by atoms with Crippen molar-refractivity contribution >= 4 is 5.91 Å². The number of amides is 1. The van der Waals surface area contributed by atoms with Gasteiger partial charge in [-0.05, 0) is 31.9 Å². The lowest BCUT2D eigenvalue weighted by molar-refractivity contribution is -0.124. The molecule has 1 heterocycles. The number of rotatable bonds is 1. The normalized spacial score (nSPS) is 25.3. The maximum atomic E-state index is 11.3. The summed E-state index contributed by atoms with van der Waals surface area (Å²) in [4.78, 5) is 11.3. The molecular weight excluding hydrogens is 200 g/mol. The molecule has 0 radical (unpaired) electrons. The highest BCUT2D eigenvalue weighted by atomic mass is 16.2. The topological polar surface area (TPSA) is 41.1 Å². The van der Waals surface area contributed by atoms with Crippen molar-refractivity contribution in [2.75, 3.05) is 6.54 Å². The third-order valence-electron chi connectivity index (χ3n) is 3.14. The Labute approximate surface area is 96.2 Å². The molecule has 1 aliphatic rings. The fraction of sp³-hybridized carbons (Fsp3) is 0.462. The van der Waals surface area contributed by atoms with Crippen molar-refractivity contribution in [3.63, 3.8) is 0 Å². The van der Waals surface area contributed by atoms with E-state index in [9.17, 15) is 4.79 Å². The monoisotopic (exact) mass is 218 g/mol. The molecule has 86 valence electrons. The van der Waals surface area contributed by atoms with Gasteiger partial charge in [0.1, 0.15) is 0 Å². The molecular formula is C13H18N2O. The van der Waals surface area contributed by atoms with Crippen molar-refractivity contribution in [2.45, 2.75) is 32.9 Å². The predicted octanol–water partition coefficient (Wildman–Crippen LogP) is 1.45. The van der Waals surface area contributed by atoms with E-state index in [2.05, 4.69) is 42.7 Å². The molecule has 0 aromatic heterocycles. The quantitative estimate of drug-likeness (QED) is 0.749. The fourth-order valence-electron chi connectivity index (χ4n) is 2.13. The molecule has 3 nitrogen and oxygen atoms in total. The minimum absolute atomic E-state index is 0.0848. The largest absolute Gasteiger partial charge is 0.353 e. The number of carbonyl (C=O) groups excluding carboxylic acids is 1. The second kappa shape index (κ2) is 4.26. The molecule has 1 aromatic carbocycles. The Morgan fingerprint density at radius 3 is 2.75 bits per heavy atom. The SMILES string of the molecule is Cc1ccc(C)c(C2CNC(=O)[C@H](C)N2)c1. The first-order chi connectivity index (χ1) is 7.58. The van der Waals surface area contributed by atoms with Crippen molar-refractivity contribution < 1.29 is 4.79 Å². The summed E-state index contributed by atoms with van der Waals surface area (Å²) in [6, 6.07) is 6.56. The van der Waals surface area contributed by atoms with Gasteiger partial charge in [0.2, 0.25) is 5.91 Å². The van der Waals surface area contributed by atoms with Crippen LogP contribution in [0.5, 0.6) is 0 Å². The van der Waals surface area contributed by atoms with Crippen molar-refractivity contribution in [2.24, 2.45) is 0 Å². The van der Waals surface area contributed by atoms with E-state index < -0.39 is 0 Å². The summed E-state index contributed by atoms with van der Waals surface area (Å²) in [5.41, 5.74) is 3.81. The Kier molecular flexibility index (Phi) is 2.97. The maximum absolute atomic E-state index is 11.3. The van der Waals surface area contributed by atoms with Crippen LogP contribution in [0.4, 0.5) is 0 Å². The van der Waals surface area contributed by atoms with Crippen LogP contribution in [0.25, 0.3) is 0 Å². The first-order valence-corrected chi connectivity index (χ1v) is 5.69. The van der Waals surface area contributed by atoms with Crippen LogP contribution in [-0.4, -0.2) is 18.5 Å². The fourth-order valence-corrected chi connectivity index (χ4v) is 2.13. The highest BCUT2D eigenvalue weighted by Crippen LogP contribution is 2.21. The van der Waals surface area contributed by atoms with Gasteiger partial charge in [0.05, 0.1) is 12.1 Å². The van der Waals surface area contributed by atoms with E-state index in [1.165, 1.54) is 16.7 Å². The molecule has 2 atom stereocenters. The maximum Gasteiger partial charge on any atom is 0.236 e. The molecule has 1 unspecified atom stereocenters. The van der Waals surface area contributed by atoms with Crippen molar-refractivity contribution in [3.05, 3.63) is 34.9 Å². The van der Waals surface area contributed by atoms with E-state index >= 15 is 0 Å². The van der Waals surface area contributed by atoms with Gasteiger partial charge in [-0.15, -0.1) is 0 Å². The van der Waals surface area contributed by atoms with Crippen LogP contribution in [0.15, 0.2) is 18.2 Å². The van der Waals surface area contributed by atoms with E-state index in [4.69, 9.17) is 0 Å². The predicted molar refractivity (Wildman–Crippen MR) is 64.3 cm³/mol. The van der Waals surface area contributed by atoms with Gasteiger partial charge in [-0.2, -0.15) is 0 Å². The Morgan fingerprint density at radius 2 is 2.06 bits per heavy atom. The van der Waals surface area contributed by atoms with Gasteiger partial charge in [0.25, 0.3) is 0 Å². The van der Waals surface area contributed by atoms with Crippen LogP contribution in [0.3, 0.4) is 0 Å². The smallest absolute Gasteiger partial charge is 0.236 e. The number of carbonyl (C=O) groups is 1. The lowest BCUT2D eigenvalue weighted by Crippen LogP contribution is -2.53. The van der Waals surface area contributed by atoms with E-state index in [1.54, 1.807) is 0 Å². The zero-order valence-electron chi connectivity index (χ0n) is 10.0. The van der Waals surface area contributed by atoms with Crippen LogP contribution in [0.1, 0.15) is 29.7 Å². The molecule has 0 saturated carbocycles. The summed E-state index contributed by atoms with van der Waals surface area (Å²) >= 11 is 0. The minimum atomic E-state index is -0.112. The average molecular weight is 218 g/mol. The van der Waals surface area contributed by atoms with Gasteiger partial charge in [0.15, 0.2) is 0 Å². The number of hydrogen-bond acceptors (Lipinski definition) is 2. The Balaban J connectivity index is 2.24. The van der Waals surface area contributed by atoms with E-state index in [0.717, 1.165) is 0 Å². The molecule has 1 amide bonds. The number of benzene rings is 1. The van der Waals surface area contributed by atoms with E-state index in [1.807, 2.05) is 6.92 Å². The summed E-state index contributed by atoms with van der Waals surface area (Å²) < 4.78 is 0. The van der Waals surface area contributed by atoms with Crippen LogP contribution in [-0.2, 0) is 4.79 Å². The second-order valence-electron chi connectivity index (χ2n) is 4.55. The van der Waals surface area contributed by atoms with Gasteiger partial charge in [0, 0.05) is 6.54 Å². The summed E-state index contributed by atoms with van der Waals surface area (Å²) in [6.45, 7) is 6.77. The molecule has 2 N–H and O–H groups in total. The molecule has 1 fully saturated rings. The minimum Gasteiger partial charge on any atom is -0.353 e. The third-order valence-corrected chi connectivity index (χ3v) is 3.14. The zero-order chi connectivity index (χ0) is 11.7. The van der Waals surface area contributed by atoms with Crippen molar-refractivity contribution in [1.29, 1.82) is 0 Å². The van der Waals surface area contributed by atoms with E-state index in [-0.39, 0.29) is 18.0 Å². The third kappa shape index (κ3) is 2.09. The highest BCUT2D eigenvalue weighted by molar-refractivity contribution is 5.82. The lowest BCUT2D eigenvalue weighted by Gasteiger charge is -2.30. The number of piperazine rings is 1. The van der Waals surface area contributed by atoms with Gasteiger partial charge in [-0.3, -0.25) is 10.1 Å². The molecule has 0 aliphatic carbocycles. The standard InChI is InChI=1S/C13H18N2O/c1-8-4-5-9(2)11(6-8)12-7-14-13(16)10(3)15-12/h4-6,10,12,15H,7H2,1-3H3,(H,14,16)/t10-,12?/m0/s1. The summed E-state index contributed by atoms with van der Waals surface area (Å²) in [7, 11) is 0. The summed E-state index contributed by atoms with van der Waals surface area (Å²) in [6.07, 6.45) is 0. The van der Waals surface area contributed by atoms with Gasteiger partial charge in [-0.1, -0.05) is 23.8 Å². The summed E-state index contributed by atoms with van der Waals surface area (Å²) in [5, 5.41) is 6.26.